The maximum atomic E-state index is 14.8. The lowest BCUT2D eigenvalue weighted by Gasteiger charge is -2.12. The Morgan fingerprint density at radius 1 is 1.00 bits per heavy atom. The molecule has 0 saturated carbocycles. The number of aryl methyl sites for hydroxylation is 1. The number of aromatic nitrogens is 1. The topological polar surface area (TPSA) is 25.2 Å². The highest BCUT2D eigenvalue weighted by molar-refractivity contribution is 9.10. The van der Waals surface area contributed by atoms with Crippen molar-refractivity contribution in [3.63, 3.8) is 0 Å². The van der Waals surface area contributed by atoms with Gasteiger partial charge in [-0.1, -0.05) is 27.6 Å². The molecule has 0 radical (unpaired) electrons. The second-order valence-corrected chi connectivity index (χ2v) is 8.70. The van der Waals surface area contributed by atoms with E-state index in [0.717, 1.165) is 31.2 Å². The molecule has 3 aromatic carbocycles. The van der Waals surface area contributed by atoms with E-state index in [2.05, 4.69) is 57.8 Å². The van der Waals surface area contributed by atoms with Gasteiger partial charge in [0.05, 0.1) is 6.54 Å². The van der Waals surface area contributed by atoms with Gasteiger partial charge in [0, 0.05) is 36.9 Å². The second-order valence-electron chi connectivity index (χ2n) is 6.69. The molecule has 1 unspecified atom stereocenters. The molecule has 0 aliphatic rings. The molecule has 138 valence electrons. The molecule has 0 bridgehead atoms. The molecule has 27 heavy (non-hydrogen) atoms. The third kappa shape index (κ3) is 3.85. The summed E-state index contributed by atoms with van der Waals surface area (Å²) in [7, 11) is 0. The number of halogens is 2. The Balaban J connectivity index is 1.63. The molecule has 5 heteroatoms. The number of aromatic hydroxyl groups is 1. The minimum atomic E-state index is -0.979. The summed E-state index contributed by atoms with van der Waals surface area (Å²) < 4.78 is 18.0. The van der Waals surface area contributed by atoms with Gasteiger partial charge in [-0.3, -0.25) is 0 Å². The van der Waals surface area contributed by atoms with Crippen molar-refractivity contribution >= 4 is 49.5 Å². The van der Waals surface area contributed by atoms with Crippen LogP contribution in [0.25, 0.3) is 21.8 Å². The van der Waals surface area contributed by atoms with Crippen molar-refractivity contribution in [2.24, 2.45) is 0 Å². The number of hydrogen-bond acceptors (Lipinski definition) is 2. The number of benzene rings is 3. The highest BCUT2D eigenvalue weighted by Gasteiger charge is 2.15. The van der Waals surface area contributed by atoms with Crippen LogP contribution in [0.3, 0.4) is 0 Å². The van der Waals surface area contributed by atoms with Crippen LogP contribution >= 0.6 is 27.7 Å². The fraction of sp³-hybridized carbons (Fsp3) is 0.182. The predicted octanol–water partition coefficient (Wildman–Crippen LogP) is 6.70. The van der Waals surface area contributed by atoms with E-state index in [4.69, 9.17) is 0 Å². The third-order valence-corrected chi connectivity index (χ3v) is 6.26. The zero-order valence-corrected chi connectivity index (χ0v) is 17.2. The highest BCUT2D eigenvalue weighted by Crippen LogP contribution is 2.33. The van der Waals surface area contributed by atoms with Crippen molar-refractivity contribution < 1.29 is 9.50 Å². The van der Waals surface area contributed by atoms with Crippen molar-refractivity contribution in [3.8, 4) is 5.75 Å². The van der Waals surface area contributed by atoms with Crippen LogP contribution in [0.4, 0.5) is 4.39 Å². The number of phenolic OH excluding ortho intramolecular Hbond substituents is 1. The first kappa shape index (κ1) is 18.4. The molecule has 1 aromatic heterocycles. The Kier molecular flexibility index (Phi) is 5.15. The SMILES string of the molecule is Cc1ccc2c(c1)c1cc(Br)ccc1n2CC(F)CSc1ccc(O)cc1. The summed E-state index contributed by atoms with van der Waals surface area (Å²) in [5.74, 6) is 0.594. The molecule has 4 aromatic rings. The van der Waals surface area contributed by atoms with Gasteiger partial charge in [0.2, 0.25) is 0 Å². The summed E-state index contributed by atoms with van der Waals surface area (Å²) in [6, 6.07) is 19.4. The monoisotopic (exact) mass is 443 g/mol. The van der Waals surface area contributed by atoms with Crippen molar-refractivity contribution in [2.75, 3.05) is 5.75 Å². The number of thioether (sulfide) groups is 1. The largest absolute Gasteiger partial charge is 0.508 e. The summed E-state index contributed by atoms with van der Waals surface area (Å²) in [5.41, 5.74) is 3.31. The molecule has 0 fully saturated rings. The molecule has 4 rings (SSSR count). The minimum absolute atomic E-state index is 0.225. The van der Waals surface area contributed by atoms with Gasteiger partial charge < -0.3 is 9.67 Å². The maximum Gasteiger partial charge on any atom is 0.127 e. The van der Waals surface area contributed by atoms with Crippen LogP contribution in [-0.4, -0.2) is 21.6 Å². The molecule has 0 aliphatic heterocycles. The zero-order valence-electron chi connectivity index (χ0n) is 14.8. The van der Waals surface area contributed by atoms with E-state index in [1.807, 2.05) is 18.2 Å². The number of phenols is 1. The van der Waals surface area contributed by atoms with Crippen LogP contribution in [0.5, 0.6) is 5.75 Å². The van der Waals surface area contributed by atoms with Crippen LogP contribution in [-0.2, 0) is 6.54 Å². The number of hydrogen-bond donors (Lipinski definition) is 1. The van der Waals surface area contributed by atoms with E-state index in [-0.39, 0.29) is 5.75 Å². The van der Waals surface area contributed by atoms with Crippen LogP contribution in [0, 0.1) is 6.92 Å². The van der Waals surface area contributed by atoms with Crippen molar-refractivity contribution in [2.45, 2.75) is 24.5 Å². The summed E-state index contributed by atoms with van der Waals surface area (Å²) in [6.07, 6.45) is -0.979. The van der Waals surface area contributed by atoms with Gasteiger partial charge in [-0.25, -0.2) is 4.39 Å². The van der Waals surface area contributed by atoms with Gasteiger partial charge in [0.15, 0.2) is 0 Å². The standard InChI is InChI=1S/C22H19BrFNOS/c1-14-2-8-21-19(10-14)20-11-15(23)3-9-22(20)25(21)12-16(24)13-27-18-6-4-17(26)5-7-18/h2-11,16,26H,12-13H2,1H3. The lowest BCUT2D eigenvalue weighted by molar-refractivity contribution is 0.333. The van der Waals surface area contributed by atoms with E-state index in [0.29, 0.717) is 12.3 Å². The van der Waals surface area contributed by atoms with Crippen molar-refractivity contribution in [1.82, 2.24) is 4.57 Å². The normalized spacial score (nSPS) is 12.7. The van der Waals surface area contributed by atoms with Crippen molar-refractivity contribution in [3.05, 3.63) is 70.7 Å². The molecule has 0 amide bonds. The van der Waals surface area contributed by atoms with Crippen LogP contribution in [0.2, 0.25) is 0 Å². The Morgan fingerprint density at radius 2 is 1.67 bits per heavy atom. The van der Waals surface area contributed by atoms with Crippen LogP contribution in [0.15, 0.2) is 70.0 Å². The average Bonchev–Trinajstić information content (AvgIpc) is 2.94. The van der Waals surface area contributed by atoms with Gasteiger partial charge in [0.25, 0.3) is 0 Å². The number of alkyl halides is 1. The molecular formula is C22H19BrFNOS. The van der Waals surface area contributed by atoms with Crippen LogP contribution in [0.1, 0.15) is 5.56 Å². The predicted molar refractivity (Wildman–Crippen MR) is 116 cm³/mol. The lowest BCUT2D eigenvalue weighted by atomic mass is 10.1. The highest BCUT2D eigenvalue weighted by atomic mass is 79.9. The third-order valence-electron chi connectivity index (χ3n) is 4.63. The van der Waals surface area contributed by atoms with Gasteiger partial charge >= 0.3 is 0 Å². The molecule has 1 N–H and O–H groups in total. The second kappa shape index (κ2) is 7.56. The van der Waals surface area contributed by atoms with Gasteiger partial charge in [-0.05, 0) is 61.5 Å². The first-order valence-corrected chi connectivity index (χ1v) is 10.5. The summed E-state index contributed by atoms with van der Waals surface area (Å²) >= 11 is 5.02. The molecular weight excluding hydrogens is 425 g/mol. The Morgan fingerprint density at radius 3 is 2.41 bits per heavy atom. The number of fused-ring (bicyclic) bond motifs is 3. The zero-order chi connectivity index (χ0) is 19.0. The molecule has 1 atom stereocenters. The Hall–Kier alpha value is -1.98. The van der Waals surface area contributed by atoms with Crippen LogP contribution < -0.4 is 0 Å². The number of rotatable bonds is 5. The summed E-state index contributed by atoms with van der Waals surface area (Å²) in [5, 5.41) is 11.7. The fourth-order valence-electron chi connectivity index (χ4n) is 3.37. The number of nitrogens with zero attached hydrogens (tertiary/aromatic N) is 1. The lowest BCUT2D eigenvalue weighted by Crippen LogP contribution is -2.13. The van der Waals surface area contributed by atoms with Gasteiger partial charge in [-0.2, -0.15) is 0 Å². The van der Waals surface area contributed by atoms with E-state index >= 15 is 0 Å². The minimum Gasteiger partial charge on any atom is -0.508 e. The summed E-state index contributed by atoms with van der Waals surface area (Å²) in [4.78, 5) is 0.956. The molecule has 0 saturated heterocycles. The quantitative estimate of drug-likeness (QED) is 0.347. The Bertz CT molecular complexity index is 1050. The molecule has 0 spiro atoms. The fourth-order valence-corrected chi connectivity index (χ4v) is 4.53. The smallest absolute Gasteiger partial charge is 0.127 e. The first-order valence-electron chi connectivity index (χ1n) is 8.75. The van der Waals surface area contributed by atoms with E-state index in [1.165, 1.54) is 17.3 Å². The first-order chi connectivity index (χ1) is 13.0. The molecule has 0 aliphatic carbocycles. The average molecular weight is 444 g/mol. The van der Waals surface area contributed by atoms with E-state index < -0.39 is 6.17 Å². The van der Waals surface area contributed by atoms with Crippen molar-refractivity contribution in [1.29, 1.82) is 0 Å². The van der Waals surface area contributed by atoms with E-state index in [9.17, 15) is 9.50 Å². The van der Waals surface area contributed by atoms with Gasteiger partial charge in [0.1, 0.15) is 11.9 Å². The van der Waals surface area contributed by atoms with E-state index in [1.54, 1.807) is 12.1 Å². The molecule has 1 heterocycles. The Labute approximate surface area is 170 Å². The maximum absolute atomic E-state index is 14.8. The van der Waals surface area contributed by atoms with Gasteiger partial charge in [-0.15, -0.1) is 11.8 Å². The summed E-state index contributed by atoms with van der Waals surface area (Å²) in [6.45, 7) is 2.39. The molecule has 2 nitrogen and oxygen atoms in total.